The predicted octanol–water partition coefficient (Wildman–Crippen LogP) is 8.32. The Bertz CT molecular complexity index is 1960. The molecule has 10 heteroatoms. The van der Waals surface area contributed by atoms with E-state index in [2.05, 4.69) is 0 Å². The van der Waals surface area contributed by atoms with Gasteiger partial charge in [-0.05, 0) is 85.8 Å². The molecule has 0 bridgehead atoms. The van der Waals surface area contributed by atoms with Crippen LogP contribution in [0.3, 0.4) is 0 Å². The fraction of sp³-hybridized carbons (Fsp3) is 0.306. The third-order valence-corrected chi connectivity index (χ3v) is 7.79. The topological polar surface area (TPSA) is 90.8 Å². The zero-order chi connectivity index (χ0) is 32.8. The summed E-state index contributed by atoms with van der Waals surface area (Å²) in [5, 5.41) is 12.0. The third kappa shape index (κ3) is 6.48. The average Bonchev–Trinajstić information content (AvgIpc) is 2.98. The van der Waals surface area contributed by atoms with Gasteiger partial charge in [0, 0.05) is 40.6 Å². The van der Waals surface area contributed by atoms with E-state index in [1.807, 2.05) is 52.0 Å². The van der Waals surface area contributed by atoms with Crippen molar-refractivity contribution in [2.75, 3.05) is 6.61 Å². The molecule has 0 aliphatic carbocycles. The number of hydrogen-bond donors (Lipinski definition) is 1. The van der Waals surface area contributed by atoms with Crippen molar-refractivity contribution < 1.29 is 37.3 Å². The van der Waals surface area contributed by atoms with Gasteiger partial charge in [0.05, 0.1) is 29.7 Å². The molecule has 5 aromatic rings. The normalized spacial score (nSPS) is 13.9. The molecule has 0 fully saturated rings. The minimum absolute atomic E-state index is 0.0213. The van der Waals surface area contributed by atoms with E-state index in [1.165, 1.54) is 12.1 Å². The van der Waals surface area contributed by atoms with Crippen LogP contribution in [0, 0.1) is 6.92 Å². The number of rotatable bonds is 8. The molecular weight excluding hydrogens is 597 g/mol. The van der Waals surface area contributed by atoms with Crippen LogP contribution in [-0.4, -0.2) is 39.4 Å². The van der Waals surface area contributed by atoms with Crippen LogP contribution in [0.15, 0.2) is 66.9 Å². The number of hydrogen-bond acceptors (Lipinski definition) is 6. The highest BCUT2D eigenvalue weighted by molar-refractivity contribution is 6.08. The highest BCUT2D eigenvalue weighted by Gasteiger charge is 2.33. The van der Waals surface area contributed by atoms with Gasteiger partial charge in [0.2, 0.25) is 5.88 Å². The Hall–Kier alpha value is -4.70. The van der Waals surface area contributed by atoms with Gasteiger partial charge in [0.25, 0.3) is 0 Å². The van der Waals surface area contributed by atoms with Gasteiger partial charge < -0.3 is 19.3 Å². The smallest absolute Gasteiger partial charge is 0.393 e. The molecule has 1 N–H and O–H groups in total. The average molecular weight is 631 g/mol. The zero-order valence-corrected chi connectivity index (χ0v) is 25.9. The fourth-order valence-electron chi connectivity index (χ4n) is 6.02. The molecule has 2 aromatic heterocycles. The van der Waals surface area contributed by atoms with E-state index >= 15 is 0 Å². The van der Waals surface area contributed by atoms with Crippen molar-refractivity contribution in [1.29, 1.82) is 0 Å². The maximum absolute atomic E-state index is 12.9. The maximum Gasteiger partial charge on any atom is 0.393 e. The molecule has 238 valence electrons. The number of ether oxygens (including phenoxy) is 3. The quantitative estimate of drug-likeness (QED) is 0.184. The lowest BCUT2D eigenvalue weighted by Crippen LogP contribution is -2.28. The van der Waals surface area contributed by atoms with Gasteiger partial charge in [-0.1, -0.05) is 24.3 Å². The Morgan fingerprint density at radius 1 is 1.04 bits per heavy atom. The van der Waals surface area contributed by atoms with E-state index in [-0.39, 0.29) is 18.1 Å². The Labute approximate surface area is 264 Å². The van der Waals surface area contributed by atoms with E-state index in [4.69, 9.17) is 24.2 Å². The van der Waals surface area contributed by atoms with Crippen LogP contribution in [0.1, 0.15) is 54.7 Å². The predicted molar refractivity (Wildman–Crippen MR) is 168 cm³/mol. The van der Waals surface area contributed by atoms with Crippen molar-refractivity contribution in [1.82, 2.24) is 9.97 Å². The molecule has 1 aliphatic heterocycles. The van der Waals surface area contributed by atoms with Crippen LogP contribution < -0.4 is 9.47 Å². The van der Waals surface area contributed by atoms with E-state index < -0.39 is 30.3 Å². The van der Waals surface area contributed by atoms with Crippen molar-refractivity contribution in [2.24, 2.45) is 0 Å². The van der Waals surface area contributed by atoms with Gasteiger partial charge in [-0.2, -0.15) is 13.2 Å². The number of halogens is 3. The summed E-state index contributed by atoms with van der Waals surface area (Å²) in [5.74, 6) is -0.130. The molecule has 1 aliphatic rings. The fourth-order valence-corrected chi connectivity index (χ4v) is 6.02. The minimum Gasteiger partial charge on any atom is -0.493 e. The first kappa shape index (κ1) is 31.3. The van der Waals surface area contributed by atoms with E-state index in [0.29, 0.717) is 45.3 Å². The highest BCUT2D eigenvalue weighted by Crippen LogP contribution is 2.45. The summed E-state index contributed by atoms with van der Waals surface area (Å²) in [6.07, 6.45) is -4.14. The van der Waals surface area contributed by atoms with E-state index in [1.54, 1.807) is 30.5 Å². The first-order valence-corrected chi connectivity index (χ1v) is 14.9. The lowest BCUT2D eigenvalue weighted by Gasteiger charge is -2.29. The second-order valence-electron chi connectivity index (χ2n) is 12.5. The molecule has 0 saturated heterocycles. The summed E-state index contributed by atoms with van der Waals surface area (Å²) in [6.45, 7) is 7.83. The molecule has 6 rings (SSSR count). The number of aromatic nitrogens is 2. The summed E-state index contributed by atoms with van der Waals surface area (Å²) in [5.41, 5.74) is 4.80. The molecule has 0 amide bonds. The number of pyridine rings is 2. The Balaban J connectivity index is 1.49. The van der Waals surface area contributed by atoms with Crippen LogP contribution in [0.5, 0.6) is 11.6 Å². The Kier molecular flexibility index (Phi) is 8.10. The monoisotopic (exact) mass is 630 g/mol. The van der Waals surface area contributed by atoms with Crippen LogP contribution in [0.25, 0.3) is 32.9 Å². The van der Waals surface area contributed by atoms with Crippen LogP contribution >= 0.6 is 0 Å². The number of carboxylic acids is 1. The molecule has 0 spiro atoms. The van der Waals surface area contributed by atoms with Crippen molar-refractivity contribution in [2.45, 2.75) is 65.0 Å². The van der Waals surface area contributed by atoms with Gasteiger partial charge in [0.15, 0.2) is 6.10 Å². The van der Waals surface area contributed by atoms with E-state index in [0.717, 1.165) is 28.7 Å². The van der Waals surface area contributed by atoms with Crippen molar-refractivity contribution in [3.8, 4) is 22.8 Å². The zero-order valence-electron chi connectivity index (χ0n) is 25.9. The van der Waals surface area contributed by atoms with Crippen molar-refractivity contribution in [3.05, 3.63) is 94.7 Å². The van der Waals surface area contributed by atoms with Crippen LogP contribution in [0.2, 0.25) is 0 Å². The number of alkyl halides is 3. The first-order chi connectivity index (χ1) is 21.8. The number of benzene rings is 3. The molecule has 0 unspecified atom stereocenters. The lowest BCUT2D eigenvalue weighted by molar-refractivity contribution is -0.160. The molecule has 0 radical (unpaired) electrons. The van der Waals surface area contributed by atoms with Crippen LogP contribution in [0.4, 0.5) is 13.2 Å². The van der Waals surface area contributed by atoms with Gasteiger partial charge in [-0.3, -0.25) is 4.98 Å². The second-order valence-corrected chi connectivity index (χ2v) is 12.5. The Morgan fingerprint density at radius 3 is 2.57 bits per heavy atom. The standard InChI is InChI=1S/C36H33F3N2O5/c1-20-16-26-24(9-11-28(41-26)45-19-22-7-5-6-21(17-22)18-36(37,38)39)31(29(20)33(34(42)43)46-35(2,3)4)25-8-10-27-30-23(13-15-44-27)12-14-40-32(25)30/h5-12,14,16-17,33H,13,15,18-19H2,1-4H3,(H,42,43)/t33-/m0/s1. The maximum atomic E-state index is 12.9. The third-order valence-electron chi connectivity index (χ3n) is 7.79. The van der Waals surface area contributed by atoms with Gasteiger partial charge >= 0.3 is 12.1 Å². The molecule has 3 heterocycles. The number of aliphatic carboxylic acids is 1. The summed E-state index contributed by atoms with van der Waals surface area (Å²) < 4.78 is 56.8. The number of nitrogens with zero attached hydrogens (tertiary/aromatic N) is 2. The minimum atomic E-state index is -4.31. The molecule has 46 heavy (non-hydrogen) atoms. The molecule has 0 saturated carbocycles. The highest BCUT2D eigenvalue weighted by atomic mass is 19.4. The van der Waals surface area contributed by atoms with Crippen LogP contribution in [-0.2, 0) is 29.0 Å². The van der Waals surface area contributed by atoms with Crippen molar-refractivity contribution >= 4 is 27.8 Å². The molecule has 1 atom stereocenters. The van der Waals surface area contributed by atoms with Gasteiger partial charge in [0.1, 0.15) is 12.4 Å². The summed E-state index contributed by atoms with van der Waals surface area (Å²) in [4.78, 5) is 22.3. The largest absolute Gasteiger partial charge is 0.493 e. The Morgan fingerprint density at radius 2 is 1.83 bits per heavy atom. The number of aryl methyl sites for hydroxylation is 1. The SMILES string of the molecule is Cc1cc2nc(OCc3cccc(CC(F)(F)F)c3)ccc2c(-c2ccc3c4c(ccnc24)CCO3)c1[C@H](OC(C)(C)C)C(=O)O. The number of carbonyl (C=O) groups is 1. The summed E-state index contributed by atoms with van der Waals surface area (Å²) in [7, 11) is 0. The van der Waals surface area contributed by atoms with Gasteiger partial charge in [-0.25, -0.2) is 9.78 Å². The molecular formula is C36H33F3N2O5. The van der Waals surface area contributed by atoms with E-state index in [9.17, 15) is 23.1 Å². The molecule has 3 aromatic carbocycles. The number of carboxylic acid groups (broad SMARTS) is 1. The summed E-state index contributed by atoms with van der Waals surface area (Å²) in [6, 6.07) is 17.2. The second kappa shape index (κ2) is 11.9. The lowest BCUT2D eigenvalue weighted by atomic mass is 9.86. The van der Waals surface area contributed by atoms with Crippen molar-refractivity contribution in [3.63, 3.8) is 0 Å². The van der Waals surface area contributed by atoms with Gasteiger partial charge in [-0.15, -0.1) is 0 Å². The summed E-state index contributed by atoms with van der Waals surface area (Å²) >= 11 is 0. The molecule has 7 nitrogen and oxygen atoms in total. The first-order valence-electron chi connectivity index (χ1n) is 14.9. The number of fused-ring (bicyclic) bond motifs is 1.